The standard InChI is InChI=1S/C15H21NO3S/c1-15(2,3)14-16-11(13(17)18)12(20-14)9-7-5-6-8-10(9)19-4/h5-8,11-12,14,16H,1-4H3,(H,17,18)/t11-,12+,14?/m0/s1. The third-order valence-corrected chi connectivity index (χ3v) is 5.35. The first-order valence-electron chi connectivity index (χ1n) is 6.62. The SMILES string of the molecule is COc1ccccc1[C@H]1SC(C(C)(C)C)N[C@@H]1C(=O)O. The number of carboxylic acid groups (broad SMARTS) is 1. The summed E-state index contributed by atoms with van der Waals surface area (Å²) in [4.78, 5) is 11.5. The van der Waals surface area contributed by atoms with Gasteiger partial charge in [-0.2, -0.15) is 0 Å². The summed E-state index contributed by atoms with van der Waals surface area (Å²) in [6.07, 6.45) is 0. The molecule has 0 aliphatic carbocycles. The molecule has 5 heteroatoms. The summed E-state index contributed by atoms with van der Waals surface area (Å²) in [5.41, 5.74) is 0.932. The maximum absolute atomic E-state index is 11.5. The topological polar surface area (TPSA) is 58.6 Å². The first-order chi connectivity index (χ1) is 9.34. The van der Waals surface area contributed by atoms with Crippen molar-refractivity contribution in [1.29, 1.82) is 0 Å². The molecule has 1 aromatic rings. The molecule has 0 bridgehead atoms. The second-order valence-electron chi connectivity index (χ2n) is 6.03. The van der Waals surface area contributed by atoms with Crippen molar-refractivity contribution >= 4 is 17.7 Å². The van der Waals surface area contributed by atoms with E-state index in [0.29, 0.717) is 0 Å². The van der Waals surface area contributed by atoms with Crippen LogP contribution in [-0.4, -0.2) is 29.6 Å². The van der Waals surface area contributed by atoms with Crippen LogP contribution in [0, 0.1) is 5.41 Å². The van der Waals surface area contributed by atoms with Crippen LogP contribution in [0.1, 0.15) is 31.6 Å². The lowest BCUT2D eigenvalue weighted by atomic mass is 9.95. The van der Waals surface area contributed by atoms with Gasteiger partial charge in [-0.05, 0) is 11.5 Å². The van der Waals surface area contributed by atoms with Crippen LogP contribution in [0.25, 0.3) is 0 Å². The molecule has 3 atom stereocenters. The predicted molar refractivity (Wildman–Crippen MR) is 81.1 cm³/mol. The van der Waals surface area contributed by atoms with Gasteiger partial charge >= 0.3 is 5.97 Å². The minimum absolute atomic E-state index is 0.00483. The van der Waals surface area contributed by atoms with E-state index in [-0.39, 0.29) is 16.0 Å². The zero-order valence-corrected chi connectivity index (χ0v) is 13.0. The van der Waals surface area contributed by atoms with Crippen LogP contribution in [0.15, 0.2) is 24.3 Å². The first kappa shape index (κ1) is 15.2. The molecule has 1 unspecified atom stereocenters. The predicted octanol–water partition coefficient (Wildman–Crippen LogP) is 2.90. The Kier molecular flexibility index (Phi) is 4.30. The van der Waals surface area contributed by atoms with E-state index in [0.717, 1.165) is 11.3 Å². The second kappa shape index (κ2) is 5.66. The Morgan fingerprint density at radius 3 is 2.55 bits per heavy atom. The molecular weight excluding hydrogens is 274 g/mol. The van der Waals surface area contributed by atoms with Crippen LogP contribution < -0.4 is 10.1 Å². The van der Waals surface area contributed by atoms with Gasteiger partial charge in [-0.1, -0.05) is 39.0 Å². The number of carboxylic acids is 1. The highest BCUT2D eigenvalue weighted by Gasteiger charge is 2.44. The molecule has 0 saturated carbocycles. The zero-order valence-electron chi connectivity index (χ0n) is 12.2. The molecule has 2 N–H and O–H groups in total. The first-order valence-corrected chi connectivity index (χ1v) is 7.56. The number of carbonyl (C=O) groups is 1. The number of hydrogen-bond donors (Lipinski definition) is 2. The van der Waals surface area contributed by atoms with E-state index in [4.69, 9.17) is 4.74 Å². The van der Waals surface area contributed by atoms with E-state index < -0.39 is 12.0 Å². The van der Waals surface area contributed by atoms with E-state index in [2.05, 4.69) is 26.1 Å². The van der Waals surface area contributed by atoms with E-state index in [9.17, 15) is 9.90 Å². The maximum Gasteiger partial charge on any atom is 0.322 e. The Hall–Kier alpha value is -1.20. The largest absolute Gasteiger partial charge is 0.496 e. The fourth-order valence-corrected chi connectivity index (χ4v) is 3.94. The van der Waals surface area contributed by atoms with E-state index >= 15 is 0 Å². The van der Waals surface area contributed by atoms with Gasteiger partial charge in [0.05, 0.1) is 17.7 Å². The third-order valence-electron chi connectivity index (χ3n) is 3.41. The summed E-state index contributed by atoms with van der Waals surface area (Å²) in [5.74, 6) is -0.0761. The van der Waals surface area contributed by atoms with Crippen molar-refractivity contribution < 1.29 is 14.6 Å². The summed E-state index contributed by atoms with van der Waals surface area (Å²) in [6, 6.07) is 7.03. The third kappa shape index (κ3) is 2.94. The second-order valence-corrected chi connectivity index (χ2v) is 7.28. The summed E-state index contributed by atoms with van der Waals surface area (Å²) < 4.78 is 5.37. The molecule has 1 saturated heterocycles. The smallest absolute Gasteiger partial charge is 0.322 e. The molecule has 0 amide bonds. The molecule has 0 aromatic heterocycles. The number of nitrogens with one attached hydrogen (secondary N) is 1. The molecule has 1 aromatic carbocycles. The maximum atomic E-state index is 11.5. The van der Waals surface area contributed by atoms with Gasteiger partial charge < -0.3 is 9.84 Å². The molecule has 1 aliphatic heterocycles. The molecule has 1 fully saturated rings. The lowest BCUT2D eigenvalue weighted by Gasteiger charge is -2.26. The highest BCUT2D eigenvalue weighted by atomic mass is 32.2. The fourth-order valence-electron chi connectivity index (χ4n) is 2.32. The quantitative estimate of drug-likeness (QED) is 0.898. The zero-order chi connectivity index (χ0) is 14.9. The normalized spacial score (nSPS) is 26.5. The minimum atomic E-state index is -0.819. The van der Waals surface area contributed by atoms with Gasteiger partial charge in [0, 0.05) is 5.56 Å². The molecule has 4 nitrogen and oxygen atoms in total. The van der Waals surface area contributed by atoms with Crippen molar-refractivity contribution in [3.05, 3.63) is 29.8 Å². The highest BCUT2D eigenvalue weighted by Crippen LogP contribution is 2.48. The molecule has 110 valence electrons. The monoisotopic (exact) mass is 295 g/mol. The van der Waals surface area contributed by atoms with Crippen molar-refractivity contribution in [3.63, 3.8) is 0 Å². The van der Waals surface area contributed by atoms with Crippen LogP contribution >= 0.6 is 11.8 Å². The molecule has 0 spiro atoms. The molecule has 20 heavy (non-hydrogen) atoms. The van der Waals surface area contributed by atoms with Gasteiger partial charge in [0.15, 0.2) is 0 Å². The van der Waals surface area contributed by atoms with Gasteiger partial charge in [-0.15, -0.1) is 11.8 Å². The van der Waals surface area contributed by atoms with Gasteiger partial charge in [0.1, 0.15) is 11.8 Å². The highest BCUT2D eigenvalue weighted by molar-refractivity contribution is 8.00. The van der Waals surface area contributed by atoms with Crippen LogP contribution in [0.3, 0.4) is 0 Å². The van der Waals surface area contributed by atoms with E-state index in [1.54, 1.807) is 18.9 Å². The summed E-state index contributed by atoms with van der Waals surface area (Å²) in [5, 5.41) is 12.7. The lowest BCUT2D eigenvalue weighted by molar-refractivity contribution is -0.139. The number of rotatable bonds is 3. The number of ether oxygens (including phenoxy) is 1. The number of aliphatic carboxylic acids is 1. The molecule has 1 aliphatic rings. The fraction of sp³-hybridized carbons (Fsp3) is 0.533. The van der Waals surface area contributed by atoms with Crippen LogP contribution in [0.2, 0.25) is 0 Å². The number of benzene rings is 1. The molecule has 1 heterocycles. The van der Waals surface area contributed by atoms with Crippen LogP contribution in [0.4, 0.5) is 0 Å². The number of thioether (sulfide) groups is 1. The Balaban J connectivity index is 2.35. The van der Waals surface area contributed by atoms with Crippen LogP contribution in [0.5, 0.6) is 5.75 Å². The van der Waals surface area contributed by atoms with Crippen molar-refractivity contribution in [2.45, 2.75) is 37.4 Å². The average molecular weight is 295 g/mol. The molecule has 0 radical (unpaired) electrons. The van der Waals surface area contributed by atoms with Crippen molar-refractivity contribution in [1.82, 2.24) is 5.32 Å². The lowest BCUT2D eigenvalue weighted by Crippen LogP contribution is -2.42. The Morgan fingerprint density at radius 2 is 2.00 bits per heavy atom. The van der Waals surface area contributed by atoms with Crippen molar-refractivity contribution in [2.75, 3.05) is 7.11 Å². The van der Waals surface area contributed by atoms with E-state index in [1.807, 2.05) is 24.3 Å². The van der Waals surface area contributed by atoms with Crippen molar-refractivity contribution in [3.8, 4) is 5.75 Å². The molecular formula is C15H21NO3S. The number of para-hydroxylation sites is 1. The van der Waals surface area contributed by atoms with Gasteiger partial charge in [-0.3, -0.25) is 10.1 Å². The minimum Gasteiger partial charge on any atom is -0.496 e. The Morgan fingerprint density at radius 1 is 1.35 bits per heavy atom. The van der Waals surface area contributed by atoms with Gasteiger partial charge in [0.2, 0.25) is 0 Å². The van der Waals surface area contributed by atoms with Gasteiger partial charge in [-0.25, -0.2) is 0 Å². The summed E-state index contributed by atoms with van der Waals surface area (Å²) >= 11 is 1.66. The number of hydrogen-bond acceptors (Lipinski definition) is 4. The van der Waals surface area contributed by atoms with Gasteiger partial charge in [0.25, 0.3) is 0 Å². The summed E-state index contributed by atoms with van der Waals surface area (Å²) in [6.45, 7) is 6.34. The molecule has 2 rings (SSSR count). The Bertz CT molecular complexity index is 498. The van der Waals surface area contributed by atoms with Crippen molar-refractivity contribution in [2.24, 2.45) is 5.41 Å². The Labute approximate surface area is 123 Å². The average Bonchev–Trinajstić information content (AvgIpc) is 2.83. The summed E-state index contributed by atoms with van der Waals surface area (Å²) in [7, 11) is 1.61. The number of methoxy groups -OCH3 is 1. The van der Waals surface area contributed by atoms with E-state index in [1.165, 1.54) is 0 Å². The van der Waals surface area contributed by atoms with Crippen LogP contribution in [-0.2, 0) is 4.79 Å².